The zero-order valence-electron chi connectivity index (χ0n) is 14.5. The Morgan fingerprint density at radius 3 is 1.48 bits per heavy atom. The van der Waals surface area contributed by atoms with Gasteiger partial charge in [0.25, 0.3) is 0 Å². The van der Waals surface area contributed by atoms with Crippen molar-refractivity contribution in [2.75, 3.05) is 0 Å². The molecule has 0 saturated carbocycles. The average Bonchev–Trinajstić information content (AvgIpc) is 2.58. The molecule has 0 bridgehead atoms. The predicted octanol–water partition coefficient (Wildman–Crippen LogP) is 7.00. The van der Waals surface area contributed by atoms with Crippen LogP contribution >= 0.6 is 0 Å². The summed E-state index contributed by atoms with van der Waals surface area (Å²) in [5, 5.41) is 0. The van der Waals surface area contributed by atoms with Crippen molar-refractivity contribution in [3.63, 3.8) is 0 Å². The Kier molecular flexibility index (Phi) is 9.96. The largest absolute Gasteiger partial charge is 0.0955 e. The second-order valence-electron chi connectivity index (χ2n) is 4.41. The van der Waals surface area contributed by atoms with Crippen molar-refractivity contribution in [2.45, 2.75) is 48.0 Å². The molecule has 0 heteroatoms. The second kappa shape index (κ2) is 10.9. The maximum atomic E-state index is 3.95. The zero-order chi connectivity index (χ0) is 16.3. The quantitative estimate of drug-likeness (QED) is 0.568. The Hall–Kier alpha value is -1.82. The van der Waals surface area contributed by atoms with Crippen LogP contribution < -0.4 is 0 Å². The van der Waals surface area contributed by atoms with E-state index in [0.717, 1.165) is 12.0 Å². The van der Waals surface area contributed by atoms with Crippen molar-refractivity contribution in [3.8, 4) is 11.1 Å². The molecule has 0 nitrogen and oxygen atoms in total. The van der Waals surface area contributed by atoms with Gasteiger partial charge in [0.1, 0.15) is 0 Å². The van der Waals surface area contributed by atoms with E-state index in [1.807, 2.05) is 34.6 Å². The van der Waals surface area contributed by atoms with Crippen LogP contribution in [0.2, 0.25) is 0 Å². The van der Waals surface area contributed by atoms with E-state index >= 15 is 0 Å². The summed E-state index contributed by atoms with van der Waals surface area (Å²) in [5.41, 5.74) is 6.23. The van der Waals surface area contributed by atoms with Gasteiger partial charge in [-0.25, -0.2) is 0 Å². The Morgan fingerprint density at radius 1 is 0.762 bits per heavy atom. The number of hydrogen-bond donors (Lipinski definition) is 0. The van der Waals surface area contributed by atoms with Crippen LogP contribution in [0.3, 0.4) is 0 Å². The zero-order valence-corrected chi connectivity index (χ0v) is 14.5. The summed E-state index contributed by atoms with van der Waals surface area (Å²) in [6.45, 7) is 16.2. The molecule has 0 amide bonds. The molecule has 0 spiro atoms. The molecule has 0 aliphatic heterocycles. The van der Waals surface area contributed by atoms with Crippen molar-refractivity contribution >= 4 is 5.57 Å². The van der Waals surface area contributed by atoms with E-state index in [0.29, 0.717) is 0 Å². The van der Waals surface area contributed by atoms with Crippen LogP contribution in [0.5, 0.6) is 0 Å². The van der Waals surface area contributed by atoms with Gasteiger partial charge in [0, 0.05) is 0 Å². The van der Waals surface area contributed by atoms with Gasteiger partial charge in [0.2, 0.25) is 0 Å². The molecule has 0 aliphatic carbocycles. The standard InChI is InChI=1S/C17H18.2C2H6/c1-4-14-5-7-16(8-6-14)17-11-9-15(10-12-17)13(2)3;2*1-2/h5-12H,2,4H2,1,3H3;2*1-2H3. The van der Waals surface area contributed by atoms with Crippen LogP contribution in [-0.2, 0) is 6.42 Å². The summed E-state index contributed by atoms with van der Waals surface area (Å²) < 4.78 is 0. The monoisotopic (exact) mass is 282 g/mol. The molecule has 0 atom stereocenters. The lowest BCUT2D eigenvalue weighted by Crippen LogP contribution is -1.83. The lowest BCUT2D eigenvalue weighted by molar-refractivity contribution is 1.14. The normalized spacial score (nSPS) is 8.86. The minimum absolute atomic E-state index is 1.09. The highest BCUT2D eigenvalue weighted by molar-refractivity contribution is 5.68. The summed E-state index contributed by atoms with van der Waals surface area (Å²) in [4.78, 5) is 0. The fourth-order valence-corrected chi connectivity index (χ4v) is 1.88. The van der Waals surface area contributed by atoms with E-state index in [1.165, 1.54) is 22.3 Å². The molecule has 2 rings (SSSR count). The Bertz CT molecular complexity index is 501. The highest BCUT2D eigenvalue weighted by atomic mass is 14.0. The molecule has 114 valence electrons. The first kappa shape index (κ1) is 19.2. The number of allylic oxidation sites excluding steroid dienone is 1. The van der Waals surface area contributed by atoms with Gasteiger partial charge in [-0.05, 0) is 35.6 Å². The Morgan fingerprint density at radius 2 is 1.14 bits per heavy atom. The first-order valence-electron chi connectivity index (χ1n) is 8.06. The maximum absolute atomic E-state index is 3.95. The number of benzene rings is 2. The summed E-state index contributed by atoms with van der Waals surface area (Å²) in [7, 11) is 0. The van der Waals surface area contributed by atoms with Gasteiger partial charge in [0.15, 0.2) is 0 Å². The highest BCUT2D eigenvalue weighted by Gasteiger charge is 1.98. The fraction of sp³-hybridized carbons (Fsp3) is 0.333. The predicted molar refractivity (Wildman–Crippen MR) is 98.7 cm³/mol. The molecule has 2 aromatic carbocycles. The Labute approximate surface area is 131 Å². The first-order valence-corrected chi connectivity index (χ1v) is 8.06. The van der Waals surface area contributed by atoms with E-state index in [1.54, 1.807) is 0 Å². The number of aryl methyl sites for hydroxylation is 1. The SMILES string of the molecule is C=C(C)c1ccc(-c2ccc(CC)cc2)cc1.CC.CC. The van der Waals surface area contributed by atoms with Gasteiger partial charge in [-0.1, -0.05) is 95.3 Å². The summed E-state index contributed by atoms with van der Waals surface area (Å²) in [5.74, 6) is 0. The van der Waals surface area contributed by atoms with Gasteiger partial charge in [-0.3, -0.25) is 0 Å². The minimum atomic E-state index is 1.09. The van der Waals surface area contributed by atoms with Gasteiger partial charge >= 0.3 is 0 Å². The van der Waals surface area contributed by atoms with Crippen LogP contribution in [0.4, 0.5) is 0 Å². The second-order valence-corrected chi connectivity index (χ2v) is 4.41. The third-order valence-electron chi connectivity index (χ3n) is 3.07. The topological polar surface area (TPSA) is 0 Å². The third-order valence-corrected chi connectivity index (χ3v) is 3.07. The van der Waals surface area contributed by atoms with Crippen LogP contribution in [0.1, 0.15) is 52.7 Å². The van der Waals surface area contributed by atoms with Gasteiger partial charge in [-0.2, -0.15) is 0 Å². The molecule has 0 radical (unpaired) electrons. The van der Waals surface area contributed by atoms with Gasteiger partial charge in [0.05, 0.1) is 0 Å². The van der Waals surface area contributed by atoms with E-state index in [2.05, 4.69) is 62.0 Å². The lowest BCUT2D eigenvalue weighted by Gasteiger charge is -2.05. The smallest absolute Gasteiger partial charge is 0.0184 e. The summed E-state index contributed by atoms with van der Waals surface area (Å²) in [6, 6.07) is 17.3. The van der Waals surface area contributed by atoms with Crippen molar-refractivity contribution in [1.82, 2.24) is 0 Å². The fourth-order valence-electron chi connectivity index (χ4n) is 1.88. The van der Waals surface area contributed by atoms with Crippen molar-refractivity contribution in [2.24, 2.45) is 0 Å². The first-order chi connectivity index (χ1) is 10.2. The molecule has 0 aromatic heterocycles. The summed E-state index contributed by atoms with van der Waals surface area (Å²) in [6.07, 6.45) is 1.09. The molecule has 0 heterocycles. The average molecular weight is 282 g/mol. The highest BCUT2D eigenvalue weighted by Crippen LogP contribution is 2.22. The Balaban J connectivity index is 0.000000921. The molecular formula is C21H30. The molecule has 0 fully saturated rings. The van der Waals surface area contributed by atoms with Crippen LogP contribution in [-0.4, -0.2) is 0 Å². The van der Waals surface area contributed by atoms with Crippen LogP contribution in [0.15, 0.2) is 55.1 Å². The van der Waals surface area contributed by atoms with E-state index < -0.39 is 0 Å². The van der Waals surface area contributed by atoms with E-state index in [9.17, 15) is 0 Å². The molecular weight excluding hydrogens is 252 g/mol. The molecule has 0 N–H and O–H groups in total. The van der Waals surface area contributed by atoms with E-state index in [4.69, 9.17) is 0 Å². The van der Waals surface area contributed by atoms with Gasteiger partial charge < -0.3 is 0 Å². The van der Waals surface area contributed by atoms with Crippen molar-refractivity contribution < 1.29 is 0 Å². The van der Waals surface area contributed by atoms with E-state index in [-0.39, 0.29) is 0 Å². The van der Waals surface area contributed by atoms with Gasteiger partial charge in [-0.15, -0.1) is 0 Å². The maximum Gasteiger partial charge on any atom is -0.0184 e. The third kappa shape index (κ3) is 5.99. The molecule has 0 unspecified atom stereocenters. The molecule has 21 heavy (non-hydrogen) atoms. The molecule has 0 aliphatic rings. The van der Waals surface area contributed by atoms with Crippen molar-refractivity contribution in [3.05, 3.63) is 66.2 Å². The minimum Gasteiger partial charge on any atom is -0.0955 e. The molecule has 0 saturated heterocycles. The number of hydrogen-bond acceptors (Lipinski definition) is 0. The number of rotatable bonds is 3. The summed E-state index contributed by atoms with van der Waals surface area (Å²) >= 11 is 0. The van der Waals surface area contributed by atoms with Crippen molar-refractivity contribution in [1.29, 1.82) is 0 Å². The van der Waals surface area contributed by atoms with Crippen LogP contribution in [0, 0.1) is 0 Å². The molecule has 2 aromatic rings. The lowest BCUT2D eigenvalue weighted by atomic mass is 10.0. The van der Waals surface area contributed by atoms with Crippen LogP contribution in [0.25, 0.3) is 16.7 Å².